The van der Waals surface area contributed by atoms with E-state index in [9.17, 15) is 0 Å². The van der Waals surface area contributed by atoms with Gasteiger partial charge in [-0.05, 0) is 48.8 Å². The van der Waals surface area contributed by atoms with Gasteiger partial charge < -0.3 is 11.1 Å². The highest BCUT2D eigenvalue weighted by molar-refractivity contribution is 5.94. The van der Waals surface area contributed by atoms with Gasteiger partial charge in [0, 0.05) is 29.9 Å². The highest BCUT2D eigenvalue weighted by atomic mass is 15.2. The smallest absolute Gasteiger partial charge is 0.220 e. The molecule has 0 bridgehead atoms. The molecular weight excluding hydrogens is 376 g/mol. The SMILES string of the molecule is C=C(Nc1cnc(N)nc1)c1n[nH]c2ccc(-c3cncc(CN4CCC4)c3)cc12. The molecule has 1 saturated heterocycles. The molecule has 1 aromatic carbocycles. The molecule has 0 saturated carbocycles. The van der Waals surface area contributed by atoms with Crippen molar-refractivity contribution in [2.75, 3.05) is 24.1 Å². The van der Waals surface area contributed by atoms with E-state index in [4.69, 9.17) is 5.73 Å². The molecule has 4 N–H and O–H groups in total. The summed E-state index contributed by atoms with van der Waals surface area (Å²) in [5.74, 6) is 0.228. The van der Waals surface area contributed by atoms with Crippen molar-refractivity contribution in [2.24, 2.45) is 0 Å². The topological polar surface area (TPSA) is 109 Å². The molecule has 1 aliphatic heterocycles. The maximum Gasteiger partial charge on any atom is 0.220 e. The fourth-order valence-electron chi connectivity index (χ4n) is 3.59. The number of H-pyrrole nitrogens is 1. The molecule has 4 aromatic rings. The number of nitrogens with one attached hydrogen (secondary N) is 2. The summed E-state index contributed by atoms with van der Waals surface area (Å²) < 4.78 is 0. The van der Waals surface area contributed by atoms with Gasteiger partial charge >= 0.3 is 0 Å². The van der Waals surface area contributed by atoms with Crippen LogP contribution < -0.4 is 11.1 Å². The molecule has 0 atom stereocenters. The second kappa shape index (κ2) is 7.57. The molecular formula is C22H22N8. The fourth-order valence-corrected chi connectivity index (χ4v) is 3.59. The molecule has 0 radical (unpaired) electrons. The van der Waals surface area contributed by atoms with Crippen LogP contribution in [0.25, 0.3) is 27.7 Å². The van der Waals surface area contributed by atoms with Crippen molar-refractivity contribution in [1.29, 1.82) is 0 Å². The van der Waals surface area contributed by atoms with E-state index in [1.165, 1.54) is 25.1 Å². The number of nitrogens with two attached hydrogens (primary N) is 1. The number of hydrogen-bond acceptors (Lipinski definition) is 7. The van der Waals surface area contributed by atoms with Gasteiger partial charge in [-0.15, -0.1) is 0 Å². The van der Waals surface area contributed by atoms with Crippen molar-refractivity contribution >= 4 is 28.2 Å². The average Bonchev–Trinajstić information content (AvgIpc) is 3.16. The number of anilines is 2. The summed E-state index contributed by atoms with van der Waals surface area (Å²) in [6, 6.07) is 8.44. The minimum atomic E-state index is 0.228. The van der Waals surface area contributed by atoms with E-state index in [0.29, 0.717) is 11.4 Å². The number of benzene rings is 1. The minimum absolute atomic E-state index is 0.228. The molecule has 4 heterocycles. The van der Waals surface area contributed by atoms with Crippen LogP contribution in [0.15, 0.2) is 55.6 Å². The molecule has 150 valence electrons. The predicted molar refractivity (Wildman–Crippen MR) is 118 cm³/mol. The van der Waals surface area contributed by atoms with E-state index in [1.54, 1.807) is 12.4 Å². The summed E-state index contributed by atoms with van der Waals surface area (Å²) in [6.45, 7) is 7.42. The summed E-state index contributed by atoms with van der Waals surface area (Å²) in [5, 5.41) is 11.7. The van der Waals surface area contributed by atoms with Crippen LogP contribution in [0.3, 0.4) is 0 Å². The van der Waals surface area contributed by atoms with Crippen LogP contribution in [0.5, 0.6) is 0 Å². The number of hydrogen-bond donors (Lipinski definition) is 3. The minimum Gasteiger partial charge on any atom is -0.368 e. The van der Waals surface area contributed by atoms with Gasteiger partial charge in [-0.2, -0.15) is 5.10 Å². The lowest BCUT2D eigenvalue weighted by molar-refractivity contribution is 0.172. The third kappa shape index (κ3) is 3.60. The van der Waals surface area contributed by atoms with E-state index in [2.05, 4.69) is 60.1 Å². The van der Waals surface area contributed by atoms with E-state index >= 15 is 0 Å². The number of rotatable bonds is 6. The van der Waals surface area contributed by atoms with Gasteiger partial charge in [-0.1, -0.05) is 12.6 Å². The number of nitrogens with zero attached hydrogens (tertiary/aromatic N) is 5. The summed E-state index contributed by atoms with van der Waals surface area (Å²) >= 11 is 0. The number of pyridine rings is 1. The first-order chi connectivity index (χ1) is 14.7. The molecule has 8 nitrogen and oxygen atoms in total. The second-order valence-electron chi connectivity index (χ2n) is 7.48. The van der Waals surface area contributed by atoms with Crippen molar-refractivity contribution in [3.05, 3.63) is 66.9 Å². The van der Waals surface area contributed by atoms with Crippen molar-refractivity contribution < 1.29 is 0 Å². The number of aromatic nitrogens is 5. The van der Waals surface area contributed by atoms with Crippen LogP contribution in [0.4, 0.5) is 11.6 Å². The second-order valence-corrected chi connectivity index (χ2v) is 7.48. The van der Waals surface area contributed by atoms with Crippen LogP contribution >= 0.6 is 0 Å². The van der Waals surface area contributed by atoms with Crippen molar-refractivity contribution in [3.63, 3.8) is 0 Å². The van der Waals surface area contributed by atoms with Crippen LogP contribution in [-0.2, 0) is 6.54 Å². The molecule has 8 heteroatoms. The normalized spacial score (nSPS) is 13.9. The number of likely N-dealkylation sites (tertiary alicyclic amines) is 1. The Morgan fingerprint density at radius 3 is 2.70 bits per heavy atom. The highest BCUT2D eigenvalue weighted by Gasteiger charge is 2.15. The zero-order chi connectivity index (χ0) is 20.5. The molecule has 30 heavy (non-hydrogen) atoms. The first-order valence-electron chi connectivity index (χ1n) is 9.84. The lowest BCUT2D eigenvalue weighted by atomic mass is 10.0. The van der Waals surface area contributed by atoms with E-state index in [0.717, 1.165) is 34.3 Å². The summed E-state index contributed by atoms with van der Waals surface area (Å²) in [5.41, 5.74) is 12.0. The fraction of sp³-hybridized carbons (Fsp3) is 0.182. The number of nitrogen functional groups attached to an aromatic ring is 1. The summed E-state index contributed by atoms with van der Waals surface area (Å²) in [7, 11) is 0. The zero-order valence-corrected chi connectivity index (χ0v) is 16.5. The largest absolute Gasteiger partial charge is 0.368 e. The monoisotopic (exact) mass is 398 g/mol. The van der Waals surface area contributed by atoms with Gasteiger partial charge in [0.1, 0.15) is 5.69 Å². The van der Waals surface area contributed by atoms with Gasteiger partial charge in [0.05, 0.1) is 29.3 Å². The Labute approximate surface area is 173 Å². The third-order valence-corrected chi connectivity index (χ3v) is 5.30. The first kappa shape index (κ1) is 18.3. The Morgan fingerprint density at radius 1 is 1.10 bits per heavy atom. The molecule has 1 fully saturated rings. The highest BCUT2D eigenvalue weighted by Crippen LogP contribution is 2.29. The Morgan fingerprint density at radius 2 is 1.93 bits per heavy atom. The molecule has 0 spiro atoms. The molecule has 0 aliphatic carbocycles. The predicted octanol–water partition coefficient (Wildman–Crippen LogP) is 3.29. The first-order valence-corrected chi connectivity index (χ1v) is 9.84. The zero-order valence-electron chi connectivity index (χ0n) is 16.5. The Balaban J connectivity index is 1.43. The summed E-state index contributed by atoms with van der Waals surface area (Å²) in [6.07, 6.45) is 8.36. The van der Waals surface area contributed by atoms with Crippen LogP contribution in [-0.4, -0.2) is 43.1 Å². The third-order valence-electron chi connectivity index (χ3n) is 5.30. The maximum absolute atomic E-state index is 5.55. The van der Waals surface area contributed by atoms with Gasteiger partial charge in [-0.25, -0.2) is 9.97 Å². The molecule has 5 rings (SSSR count). The molecule has 0 unspecified atom stereocenters. The van der Waals surface area contributed by atoms with E-state index in [1.807, 2.05) is 18.5 Å². The Kier molecular flexibility index (Phi) is 4.61. The average molecular weight is 398 g/mol. The number of aromatic amines is 1. The van der Waals surface area contributed by atoms with Crippen LogP contribution in [0, 0.1) is 0 Å². The van der Waals surface area contributed by atoms with Gasteiger partial charge in [0.15, 0.2) is 0 Å². The standard InChI is InChI=1S/C22H22N8/c1-14(27-18-11-25-22(23)26-12-18)21-19-8-16(3-4-20(19)28-29-21)17-7-15(9-24-10-17)13-30-5-2-6-30/h3-4,7-12,27H,1-2,5-6,13H2,(H,28,29)(H2,23,25,26). The maximum atomic E-state index is 5.55. The lowest BCUT2D eigenvalue weighted by Crippen LogP contribution is -2.36. The van der Waals surface area contributed by atoms with Gasteiger partial charge in [0.2, 0.25) is 5.95 Å². The van der Waals surface area contributed by atoms with E-state index in [-0.39, 0.29) is 5.95 Å². The lowest BCUT2D eigenvalue weighted by Gasteiger charge is -2.30. The van der Waals surface area contributed by atoms with Crippen molar-refractivity contribution in [3.8, 4) is 11.1 Å². The molecule has 0 amide bonds. The van der Waals surface area contributed by atoms with Crippen LogP contribution in [0.2, 0.25) is 0 Å². The summed E-state index contributed by atoms with van der Waals surface area (Å²) in [4.78, 5) is 14.9. The number of fused-ring (bicyclic) bond motifs is 1. The van der Waals surface area contributed by atoms with Crippen LogP contribution in [0.1, 0.15) is 17.7 Å². The van der Waals surface area contributed by atoms with Gasteiger partial charge in [-0.3, -0.25) is 15.0 Å². The molecule has 3 aromatic heterocycles. The van der Waals surface area contributed by atoms with Crippen molar-refractivity contribution in [1.82, 2.24) is 30.0 Å². The molecule has 1 aliphatic rings. The van der Waals surface area contributed by atoms with E-state index < -0.39 is 0 Å². The van der Waals surface area contributed by atoms with Gasteiger partial charge in [0.25, 0.3) is 0 Å². The quantitative estimate of drug-likeness (QED) is 0.457. The van der Waals surface area contributed by atoms with Crippen molar-refractivity contribution in [2.45, 2.75) is 13.0 Å². The Hall–Kier alpha value is -3.78. The Bertz CT molecular complexity index is 1210.